The Morgan fingerprint density at radius 3 is 2.56 bits per heavy atom. The smallest absolute Gasteiger partial charge is 0.0105 e. The van der Waals surface area contributed by atoms with Crippen molar-refractivity contribution in [2.24, 2.45) is 11.8 Å². The molecule has 1 aliphatic carbocycles. The van der Waals surface area contributed by atoms with Crippen molar-refractivity contribution in [3.05, 3.63) is 0 Å². The Bertz CT molecular complexity index is 205. The summed E-state index contributed by atoms with van der Waals surface area (Å²) >= 11 is 0. The maximum absolute atomic E-state index is 3.55. The highest BCUT2D eigenvalue weighted by atomic mass is 15.1. The molecule has 1 rings (SSSR count). The fourth-order valence-corrected chi connectivity index (χ4v) is 3.53. The van der Waals surface area contributed by atoms with Gasteiger partial charge in [-0.3, -0.25) is 0 Å². The van der Waals surface area contributed by atoms with Crippen molar-refractivity contribution >= 4 is 0 Å². The molecule has 2 nitrogen and oxygen atoms in total. The van der Waals surface area contributed by atoms with Gasteiger partial charge in [-0.05, 0) is 58.2 Å². The predicted molar refractivity (Wildman–Crippen MR) is 81.0 cm³/mol. The number of hydrogen-bond acceptors (Lipinski definition) is 2. The van der Waals surface area contributed by atoms with Crippen LogP contribution in [0.1, 0.15) is 58.8 Å². The lowest BCUT2D eigenvalue weighted by atomic mass is 9.76. The average Bonchev–Trinajstić information content (AvgIpc) is 2.37. The first-order valence-electron chi connectivity index (χ1n) is 8.07. The molecule has 0 radical (unpaired) electrons. The molecule has 0 aromatic carbocycles. The summed E-state index contributed by atoms with van der Waals surface area (Å²) in [6.45, 7) is 7.16. The Morgan fingerprint density at radius 1 is 1.17 bits per heavy atom. The van der Waals surface area contributed by atoms with E-state index in [9.17, 15) is 0 Å². The van der Waals surface area contributed by atoms with Crippen molar-refractivity contribution in [1.29, 1.82) is 0 Å². The van der Waals surface area contributed by atoms with Gasteiger partial charge in [0.25, 0.3) is 0 Å². The monoisotopic (exact) mass is 254 g/mol. The van der Waals surface area contributed by atoms with E-state index in [2.05, 4.69) is 38.2 Å². The van der Waals surface area contributed by atoms with Crippen LogP contribution in [0.4, 0.5) is 0 Å². The predicted octanol–water partition coefficient (Wildman–Crippen LogP) is 3.52. The van der Waals surface area contributed by atoms with E-state index in [0.717, 1.165) is 17.9 Å². The molecule has 108 valence electrons. The SMILES string of the molecule is CCCCN(C)CC1CC(CCC)CCC1NC. The van der Waals surface area contributed by atoms with E-state index in [-0.39, 0.29) is 0 Å². The molecule has 18 heavy (non-hydrogen) atoms. The number of rotatable bonds is 8. The summed E-state index contributed by atoms with van der Waals surface area (Å²) in [7, 11) is 4.44. The number of unbranched alkanes of at least 4 members (excludes halogenated alkanes) is 1. The largest absolute Gasteiger partial charge is 0.317 e. The van der Waals surface area contributed by atoms with Crippen LogP contribution < -0.4 is 5.32 Å². The highest BCUT2D eigenvalue weighted by molar-refractivity contribution is 4.85. The summed E-state index contributed by atoms with van der Waals surface area (Å²) in [5.41, 5.74) is 0. The topological polar surface area (TPSA) is 15.3 Å². The molecule has 0 aromatic rings. The van der Waals surface area contributed by atoms with Gasteiger partial charge in [-0.1, -0.05) is 33.1 Å². The number of hydrogen-bond donors (Lipinski definition) is 1. The highest BCUT2D eigenvalue weighted by Crippen LogP contribution is 2.32. The molecule has 2 heteroatoms. The van der Waals surface area contributed by atoms with Crippen LogP contribution in [0, 0.1) is 11.8 Å². The minimum Gasteiger partial charge on any atom is -0.317 e. The van der Waals surface area contributed by atoms with E-state index in [0.29, 0.717) is 0 Å². The first-order chi connectivity index (χ1) is 8.71. The minimum absolute atomic E-state index is 0.752. The zero-order valence-electron chi connectivity index (χ0n) is 13.0. The zero-order chi connectivity index (χ0) is 13.4. The average molecular weight is 254 g/mol. The summed E-state index contributed by atoms with van der Waals surface area (Å²) in [6.07, 6.45) is 9.70. The van der Waals surface area contributed by atoms with E-state index in [4.69, 9.17) is 0 Å². The Kier molecular flexibility index (Phi) is 7.92. The second-order valence-electron chi connectivity index (χ2n) is 6.24. The molecule has 0 spiro atoms. The van der Waals surface area contributed by atoms with E-state index in [1.54, 1.807) is 0 Å². The molecule has 3 unspecified atom stereocenters. The first kappa shape index (κ1) is 16.0. The van der Waals surface area contributed by atoms with Crippen LogP contribution >= 0.6 is 0 Å². The molecule has 0 bridgehead atoms. The molecule has 0 aliphatic heterocycles. The van der Waals surface area contributed by atoms with Crippen LogP contribution in [0.5, 0.6) is 0 Å². The van der Waals surface area contributed by atoms with Gasteiger partial charge in [-0.25, -0.2) is 0 Å². The molecule has 1 fully saturated rings. The fourth-order valence-electron chi connectivity index (χ4n) is 3.53. The normalized spacial score (nSPS) is 28.8. The summed E-state index contributed by atoms with van der Waals surface area (Å²) in [5, 5.41) is 3.55. The van der Waals surface area contributed by atoms with E-state index in [1.165, 1.54) is 58.0 Å². The molecule has 1 N–H and O–H groups in total. The summed E-state index contributed by atoms with van der Waals surface area (Å²) in [5.74, 6) is 1.85. The van der Waals surface area contributed by atoms with Gasteiger partial charge in [0.2, 0.25) is 0 Å². The van der Waals surface area contributed by atoms with Crippen LogP contribution in [-0.2, 0) is 0 Å². The van der Waals surface area contributed by atoms with Gasteiger partial charge in [0.05, 0.1) is 0 Å². The van der Waals surface area contributed by atoms with Crippen LogP contribution in [0.25, 0.3) is 0 Å². The van der Waals surface area contributed by atoms with Crippen molar-refractivity contribution in [3.8, 4) is 0 Å². The maximum atomic E-state index is 3.55. The van der Waals surface area contributed by atoms with Crippen LogP contribution in [0.15, 0.2) is 0 Å². The molecular weight excluding hydrogens is 220 g/mol. The Labute approximate surface area is 115 Å². The quantitative estimate of drug-likeness (QED) is 0.713. The first-order valence-corrected chi connectivity index (χ1v) is 8.07. The third-order valence-corrected chi connectivity index (χ3v) is 4.60. The lowest BCUT2D eigenvalue weighted by molar-refractivity contribution is 0.153. The Balaban J connectivity index is 2.41. The number of nitrogens with zero attached hydrogens (tertiary/aromatic N) is 1. The van der Waals surface area contributed by atoms with Gasteiger partial charge in [0, 0.05) is 12.6 Å². The Morgan fingerprint density at radius 2 is 1.94 bits per heavy atom. The summed E-state index contributed by atoms with van der Waals surface area (Å²) in [6, 6.07) is 0.752. The van der Waals surface area contributed by atoms with Gasteiger partial charge >= 0.3 is 0 Å². The Hall–Kier alpha value is -0.0800. The van der Waals surface area contributed by atoms with Gasteiger partial charge in [0.1, 0.15) is 0 Å². The molecular formula is C16H34N2. The second kappa shape index (κ2) is 8.92. The van der Waals surface area contributed by atoms with E-state index < -0.39 is 0 Å². The summed E-state index contributed by atoms with van der Waals surface area (Å²) in [4.78, 5) is 2.55. The molecule has 0 amide bonds. The van der Waals surface area contributed by atoms with Crippen LogP contribution in [-0.4, -0.2) is 38.1 Å². The second-order valence-corrected chi connectivity index (χ2v) is 6.24. The third kappa shape index (κ3) is 5.27. The van der Waals surface area contributed by atoms with Crippen molar-refractivity contribution in [1.82, 2.24) is 10.2 Å². The summed E-state index contributed by atoms with van der Waals surface area (Å²) < 4.78 is 0. The number of nitrogens with one attached hydrogen (secondary N) is 1. The van der Waals surface area contributed by atoms with Crippen molar-refractivity contribution in [2.45, 2.75) is 64.8 Å². The van der Waals surface area contributed by atoms with E-state index >= 15 is 0 Å². The van der Waals surface area contributed by atoms with Crippen molar-refractivity contribution in [3.63, 3.8) is 0 Å². The van der Waals surface area contributed by atoms with Gasteiger partial charge in [-0.2, -0.15) is 0 Å². The van der Waals surface area contributed by atoms with Gasteiger partial charge in [0.15, 0.2) is 0 Å². The highest BCUT2D eigenvalue weighted by Gasteiger charge is 2.29. The van der Waals surface area contributed by atoms with Crippen molar-refractivity contribution < 1.29 is 0 Å². The molecule has 1 saturated carbocycles. The molecule has 1 aliphatic rings. The van der Waals surface area contributed by atoms with E-state index in [1.807, 2.05) is 0 Å². The third-order valence-electron chi connectivity index (χ3n) is 4.60. The van der Waals surface area contributed by atoms with Crippen molar-refractivity contribution in [2.75, 3.05) is 27.2 Å². The molecule has 0 aromatic heterocycles. The van der Waals surface area contributed by atoms with Gasteiger partial charge < -0.3 is 10.2 Å². The van der Waals surface area contributed by atoms with Gasteiger partial charge in [-0.15, -0.1) is 0 Å². The zero-order valence-corrected chi connectivity index (χ0v) is 13.0. The molecule has 0 saturated heterocycles. The molecule has 0 heterocycles. The standard InChI is InChI=1S/C16H34N2/c1-5-7-11-18(4)13-15-12-14(8-6-2)9-10-16(15)17-3/h14-17H,5-13H2,1-4H3. The van der Waals surface area contributed by atoms with Crippen LogP contribution in [0.3, 0.4) is 0 Å². The fraction of sp³-hybridized carbons (Fsp3) is 1.00. The van der Waals surface area contributed by atoms with Crippen LogP contribution in [0.2, 0.25) is 0 Å². The molecule has 3 atom stereocenters. The maximum Gasteiger partial charge on any atom is 0.0105 e. The lowest BCUT2D eigenvalue weighted by Gasteiger charge is -2.38. The lowest BCUT2D eigenvalue weighted by Crippen LogP contribution is -2.44. The minimum atomic E-state index is 0.752.